The molecule has 0 aromatic heterocycles. The van der Waals surface area contributed by atoms with Gasteiger partial charge < -0.3 is 31.7 Å². The van der Waals surface area contributed by atoms with Crippen LogP contribution in [0.2, 0.25) is 0 Å². The molecule has 0 unspecified atom stereocenters. The van der Waals surface area contributed by atoms with Crippen molar-refractivity contribution in [1.82, 2.24) is 0 Å². The van der Waals surface area contributed by atoms with Crippen LogP contribution >= 0.6 is 0 Å². The number of aromatic hydroxyl groups is 2. The lowest BCUT2D eigenvalue weighted by Gasteiger charge is -2.42. The Hall–Kier alpha value is -1.52. The van der Waals surface area contributed by atoms with Crippen molar-refractivity contribution in [2.45, 2.75) is 44.9 Å². The molecule has 4 heteroatoms. The second-order valence-corrected chi connectivity index (χ2v) is 7.84. The van der Waals surface area contributed by atoms with E-state index in [4.69, 9.17) is 0 Å². The molecule has 2 aromatic carbocycles. The molecule has 0 atom stereocenters. The van der Waals surface area contributed by atoms with E-state index in [9.17, 15) is 10.2 Å². The number of halogens is 1. The maximum absolute atomic E-state index is 9.63. The summed E-state index contributed by atoms with van der Waals surface area (Å²) in [6.07, 6.45) is 8.50. The summed E-state index contributed by atoms with van der Waals surface area (Å²) in [5.74, 6) is 0.742. The highest BCUT2D eigenvalue weighted by molar-refractivity contribution is 5.27. The van der Waals surface area contributed by atoms with Gasteiger partial charge in [-0.1, -0.05) is 24.3 Å². The van der Waals surface area contributed by atoms with E-state index in [1.807, 2.05) is 24.3 Å². The molecular weight excluding hydrogens is 402 g/mol. The second kappa shape index (κ2) is 10.7. The molecule has 2 aromatic rings. The molecule has 27 heavy (non-hydrogen) atoms. The van der Waals surface area contributed by atoms with Gasteiger partial charge in [0.05, 0.1) is 26.2 Å². The maximum atomic E-state index is 9.63. The predicted octanol–water partition coefficient (Wildman–Crippen LogP) is 1.67. The van der Waals surface area contributed by atoms with Crippen LogP contribution in [0.25, 0.3) is 0 Å². The average Bonchev–Trinajstić information content (AvgIpc) is 2.63. The van der Waals surface area contributed by atoms with Gasteiger partial charge in [-0.2, -0.15) is 0 Å². The lowest BCUT2D eigenvalue weighted by molar-refractivity contribution is -0.932. The number of phenolic OH excluding ortho intramolecular Hbond substituents is 2. The minimum absolute atomic E-state index is 0. The van der Waals surface area contributed by atoms with Crippen LogP contribution in [0.1, 0.15) is 43.2 Å². The summed E-state index contributed by atoms with van der Waals surface area (Å²) in [6, 6.07) is 15.4. The molecule has 0 aliphatic carbocycles. The van der Waals surface area contributed by atoms with Crippen molar-refractivity contribution >= 4 is 0 Å². The quantitative estimate of drug-likeness (QED) is 0.621. The molecule has 0 bridgehead atoms. The van der Waals surface area contributed by atoms with Crippen LogP contribution < -0.4 is 17.0 Å². The SMILES string of the molecule is Oc1cccc(CCC[N+]2(CCCc3cccc(O)c3)CCCCC2)c1.[Br-]. The van der Waals surface area contributed by atoms with E-state index in [1.165, 1.54) is 73.9 Å². The zero-order valence-electron chi connectivity index (χ0n) is 16.1. The third-order valence-corrected chi connectivity index (χ3v) is 5.78. The van der Waals surface area contributed by atoms with Gasteiger partial charge in [0.25, 0.3) is 0 Å². The maximum Gasteiger partial charge on any atom is 0.115 e. The molecule has 1 fully saturated rings. The van der Waals surface area contributed by atoms with Crippen molar-refractivity contribution in [2.75, 3.05) is 26.2 Å². The van der Waals surface area contributed by atoms with E-state index < -0.39 is 0 Å². The van der Waals surface area contributed by atoms with Crippen molar-refractivity contribution in [1.29, 1.82) is 0 Å². The topological polar surface area (TPSA) is 40.5 Å². The first kappa shape index (κ1) is 21.8. The van der Waals surface area contributed by atoms with E-state index in [1.54, 1.807) is 12.1 Å². The van der Waals surface area contributed by atoms with E-state index >= 15 is 0 Å². The molecule has 3 rings (SSSR count). The Balaban J connectivity index is 0.00000261. The normalized spacial score (nSPS) is 15.9. The minimum Gasteiger partial charge on any atom is -1.00 e. The third kappa shape index (κ3) is 6.86. The highest BCUT2D eigenvalue weighted by Crippen LogP contribution is 2.23. The van der Waals surface area contributed by atoms with Crippen LogP contribution in [-0.2, 0) is 12.8 Å². The molecular formula is C23H32BrNO2. The van der Waals surface area contributed by atoms with Crippen molar-refractivity contribution in [3.8, 4) is 11.5 Å². The summed E-state index contributed by atoms with van der Waals surface area (Å²) in [5.41, 5.74) is 2.47. The number of hydrogen-bond acceptors (Lipinski definition) is 2. The third-order valence-electron chi connectivity index (χ3n) is 5.78. The van der Waals surface area contributed by atoms with E-state index in [-0.39, 0.29) is 17.0 Å². The number of nitrogens with zero attached hydrogens (tertiary/aromatic N) is 1. The summed E-state index contributed by atoms with van der Waals surface area (Å²) in [7, 11) is 0. The number of benzene rings is 2. The van der Waals surface area contributed by atoms with E-state index in [2.05, 4.69) is 12.1 Å². The van der Waals surface area contributed by atoms with Gasteiger partial charge in [-0.05, 0) is 67.5 Å². The second-order valence-electron chi connectivity index (χ2n) is 7.84. The predicted molar refractivity (Wildman–Crippen MR) is 106 cm³/mol. The molecule has 0 saturated carbocycles. The van der Waals surface area contributed by atoms with Gasteiger partial charge in [0, 0.05) is 12.8 Å². The smallest absolute Gasteiger partial charge is 0.115 e. The summed E-state index contributed by atoms with van der Waals surface area (Å²) in [5, 5.41) is 19.3. The lowest BCUT2D eigenvalue weighted by atomic mass is 10.0. The summed E-state index contributed by atoms with van der Waals surface area (Å²) < 4.78 is 1.25. The number of aryl methyl sites for hydroxylation is 2. The zero-order chi connectivity index (χ0) is 18.2. The fourth-order valence-electron chi connectivity index (χ4n) is 4.40. The van der Waals surface area contributed by atoms with Crippen LogP contribution in [0, 0.1) is 0 Å². The van der Waals surface area contributed by atoms with Gasteiger partial charge in [-0.25, -0.2) is 0 Å². The Bertz CT molecular complexity index is 645. The molecule has 148 valence electrons. The minimum atomic E-state index is 0. The number of quaternary nitrogens is 1. The first-order valence-corrected chi connectivity index (χ1v) is 10.1. The molecule has 1 heterocycles. The first-order valence-electron chi connectivity index (χ1n) is 10.1. The molecule has 1 saturated heterocycles. The highest BCUT2D eigenvalue weighted by atomic mass is 79.9. The van der Waals surface area contributed by atoms with Gasteiger partial charge in [0.2, 0.25) is 0 Å². The summed E-state index contributed by atoms with van der Waals surface area (Å²) >= 11 is 0. The molecule has 2 N–H and O–H groups in total. The van der Waals surface area contributed by atoms with Crippen molar-refractivity contribution < 1.29 is 31.7 Å². The van der Waals surface area contributed by atoms with Gasteiger partial charge in [-0.15, -0.1) is 0 Å². The largest absolute Gasteiger partial charge is 1.00 e. The van der Waals surface area contributed by atoms with Crippen LogP contribution in [0.15, 0.2) is 48.5 Å². The van der Waals surface area contributed by atoms with Gasteiger partial charge in [0.15, 0.2) is 0 Å². The number of hydrogen-bond donors (Lipinski definition) is 2. The number of piperidine rings is 1. The lowest BCUT2D eigenvalue weighted by Crippen LogP contribution is -3.00. The number of likely N-dealkylation sites (tertiary alicyclic amines) is 1. The number of rotatable bonds is 8. The Morgan fingerprint density at radius 3 is 1.63 bits per heavy atom. The van der Waals surface area contributed by atoms with Crippen LogP contribution in [0.5, 0.6) is 11.5 Å². The first-order chi connectivity index (χ1) is 12.7. The number of phenols is 2. The zero-order valence-corrected chi connectivity index (χ0v) is 17.7. The highest BCUT2D eigenvalue weighted by Gasteiger charge is 2.28. The standard InChI is InChI=1S/C23H31NO2.BrH/c25-22-12-4-8-20(18-22)10-6-16-24(14-2-1-3-15-24)17-7-11-21-9-5-13-23(26)19-21;/h4-5,8-9,12-13,18-19H,1-3,6-7,10-11,14-17H2,(H-,25,26);1H. The molecule has 1 aliphatic heterocycles. The molecule has 0 amide bonds. The Morgan fingerprint density at radius 1 is 0.704 bits per heavy atom. The van der Waals surface area contributed by atoms with Gasteiger partial charge in [0.1, 0.15) is 11.5 Å². The van der Waals surface area contributed by atoms with Crippen molar-refractivity contribution in [3.05, 3.63) is 59.7 Å². The van der Waals surface area contributed by atoms with E-state index in [0.717, 1.165) is 12.8 Å². The molecule has 1 aliphatic rings. The average molecular weight is 434 g/mol. The fraction of sp³-hybridized carbons (Fsp3) is 0.478. The van der Waals surface area contributed by atoms with Crippen molar-refractivity contribution in [2.24, 2.45) is 0 Å². The van der Waals surface area contributed by atoms with E-state index in [0.29, 0.717) is 11.5 Å². The Morgan fingerprint density at radius 2 is 1.19 bits per heavy atom. The summed E-state index contributed by atoms with van der Waals surface area (Å²) in [4.78, 5) is 0. The fourth-order valence-corrected chi connectivity index (χ4v) is 4.40. The van der Waals surface area contributed by atoms with Crippen LogP contribution in [0.3, 0.4) is 0 Å². The molecule has 0 spiro atoms. The van der Waals surface area contributed by atoms with Crippen LogP contribution in [0.4, 0.5) is 0 Å². The Labute approximate surface area is 174 Å². The van der Waals surface area contributed by atoms with Gasteiger partial charge in [-0.3, -0.25) is 0 Å². The van der Waals surface area contributed by atoms with Crippen LogP contribution in [-0.4, -0.2) is 40.9 Å². The monoisotopic (exact) mass is 433 g/mol. The molecule has 3 nitrogen and oxygen atoms in total. The van der Waals surface area contributed by atoms with Crippen molar-refractivity contribution in [3.63, 3.8) is 0 Å². The van der Waals surface area contributed by atoms with Gasteiger partial charge >= 0.3 is 0 Å². The molecule has 0 radical (unpaired) electrons. The summed E-state index contributed by atoms with van der Waals surface area (Å²) in [6.45, 7) is 5.07. The Kier molecular flexibility index (Phi) is 8.65.